The molecule has 0 unspecified atom stereocenters. The zero-order valence-corrected chi connectivity index (χ0v) is 13.6. The minimum absolute atomic E-state index is 0.105. The largest absolute Gasteiger partial charge is 0.370 e. The highest BCUT2D eigenvalue weighted by Crippen LogP contribution is 2.44. The molecule has 2 aliphatic heterocycles. The van der Waals surface area contributed by atoms with Crippen LogP contribution in [0.5, 0.6) is 0 Å². The Morgan fingerprint density at radius 3 is 2.74 bits per heavy atom. The number of rotatable bonds is 3. The number of ether oxygens (including phenoxy) is 1. The van der Waals surface area contributed by atoms with Gasteiger partial charge in [-0.3, -0.25) is 4.79 Å². The van der Waals surface area contributed by atoms with Crippen LogP contribution in [-0.2, 0) is 9.53 Å². The van der Waals surface area contributed by atoms with Crippen molar-refractivity contribution in [1.82, 2.24) is 0 Å². The monoisotopic (exact) mass is 314 g/mol. The fourth-order valence-electron chi connectivity index (χ4n) is 4.67. The molecule has 5 heteroatoms. The Morgan fingerprint density at radius 2 is 2.04 bits per heavy atom. The van der Waals surface area contributed by atoms with E-state index in [2.05, 4.69) is 17.1 Å². The molecule has 2 atom stereocenters. The molecule has 1 aromatic rings. The lowest BCUT2D eigenvalue weighted by Gasteiger charge is -2.44. The van der Waals surface area contributed by atoms with E-state index >= 15 is 0 Å². The van der Waals surface area contributed by atoms with Gasteiger partial charge in [0.1, 0.15) is 18.8 Å². The van der Waals surface area contributed by atoms with E-state index in [0.29, 0.717) is 0 Å². The van der Waals surface area contributed by atoms with E-state index in [-0.39, 0.29) is 17.4 Å². The van der Waals surface area contributed by atoms with Crippen LogP contribution in [0.25, 0.3) is 0 Å². The number of carbonyl (C=O) groups is 1. The topological polar surface area (TPSA) is 46.3 Å². The lowest BCUT2D eigenvalue weighted by molar-refractivity contribution is -0.960. The van der Waals surface area contributed by atoms with E-state index < -0.39 is 0 Å². The highest BCUT2D eigenvalue weighted by atomic mass is 16.5. The van der Waals surface area contributed by atoms with Gasteiger partial charge in [0.15, 0.2) is 5.78 Å². The van der Waals surface area contributed by atoms with Crippen molar-refractivity contribution >= 4 is 17.2 Å². The fraction of sp³-hybridized carbons (Fsp3) is 0.556. The van der Waals surface area contributed by atoms with Gasteiger partial charge in [0.25, 0.3) is 0 Å². The molecule has 2 fully saturated rings. The van der Waals surface area contributed by atoms with E-state index in [0.717, 1.165) is 57.0 Å². The molecule has 0 aromatic heterocycles. The third-order valence-corrected chi connectivity index (χ3v) is 5.61. The molecule has 0 bridgehead atoms. The lowest BCUT2D eigenvalue weighted by atomic mass is 9.88. The zero-order valence-electron chi connectivity index (χ0n) is 13.6. The summed E-state index contributed by atoms with van der Waals surface area (Å²) in [5.74, 6) is 0.362. The predicted octanol–water partition coefficient (Wildman–Crippen LogP) is 0.863. The number of quaternary nitrogens is 1. The summed E-state index contributed by atoms with van der Waals surface area (Å²) in [5.41, 5.74) is 1.76. The van der Waals surface area contributed by atoms with Crippen LogP contribution < -0.4 is 9.91 Å². The summed E-state index contributed by atoms with van der Waals surface area (Å²) in [4.78, 5) is 13.7. The Bertz CT molecular complexity index is 624. The highest BCUT2D eigenvalue weighted by molar-refractivity contribution is 6.40. The number of anilines is 1. The summed E-state index contributed by atoms with van der Waals surface area (Å²) in [5, 5.41) is 7.00. The maximum absolute atomic E-state index is 12.2. The molecule has 1 aliphatic carbocycles. The molecule has 1 saturated carbocycles. The van der Waals surface area contributed by atoms with Crippen LogP contribution >= 0.6 is 0 Å². The zero-order chi connectivity index (χ0) is 15.9. The lowest BCUT2D eigenvalue weighted by Crippen LogP contribution is -3.24. The summed E-state index contributed by atoms with van der Waals surface area (Å²) < 4.78 is 5.58. The van der Waals surface area contributed by atoms with Crippen LogP contribution in [0.15, 0.2) is 35.4 Å². The minimum atomic E-state index is -0.105. The van der Waals surface area contributed by atoms with Crippen LogP contribution in [0.3, 0.4) is 0 Å². The third kappa shape index (κ3) is 2.22. The van der Waals surface area contributed by atoms with E-state index in [9.17, 15) is 4.79 Å². The molecule has 3 aliphatic rings. The predicted molar refractivity (Wildman–Crippen MR) is 88.6 cm³/mol. The van der Waals surface area contributed by atoms with Crippen molar-refractivity contribution in [2.24, 2.45) is 11.0 Å². The first-order valence-electron chi connectivity index (χ1n) is 8.61. The Labute approximate surface area is 136 Å². The van der Waals surface area contributed by atoms with Crippen molar-refractivity contribution < 1.29 is 14.4 Å². The van der Waals surface area contributed by atoms with Crippen molar-refractivity contribution in [3.8, 4) is 0 Å². The van der Waals surface area contributed by atoms with Crippen LogP contribution in [0.2, 0.25) is 0 Å². The molecular weight excluding hydrogens is 290 g/mol. The second-order valence-corrected chi connectivity index (χ2v) is 6.77. The molecule has 1 saturated heterocycles. The molecule has 0 spiro atoms. The van der Waals surface area contributed by atoms with Gasteiger partial charge < -0.3 is 9.64 Å². The number of ketones is 1. The number of carbonyl (C=O) groups excluding carboxylic acids is 1. The van der Waals surface area contributed by atoms with Gasteiger partial charge in [-0.25, -0.2) is 5.01 Å². The standard InChI is InChI=1S/C18H23N3O2/c1-14(22)17-16-8-5-9-18(16,20-10-12-23-13-11-20)21(19-17)15-6-3-2-4-7-15/h2-4,6-7,16H,5,8-13H2,1H3/p+1/t16-,18-/m0/s1. The Morgan fingerprint density at radius 1 is 1.30 bits per heavy atom. The summed E-state index contributed by atoms with van der Waals surface area (Å²) >= 11 is 0. The number of hydrogen-bond acceptors (Lipinski definition) is 4. The first-order chi connectivity index (χ1) is 11.2. The van der Waals surface area contributed by atoms with Crippen LogP contribution in [-0.4, -0.2) is 43.5 Å². The number of morpholine rings is 1. The molecule has 0 radical (unpaired) electrons. The Hall–Kier alpha value is -1.72. The first-order valence-corrected chi connectivity index (χ1v) is 8.61. The van der Waals surface area contributed by atoms with Crippen molar-refractivity contribution in [1.29, 1.82) is 0 Å². The quantitative estimate of drug-likeness (QED) is 0.900. The number of nitrogens with zero attached hydrogens (tertiary/aromatic N) is 2. The van der Waals surface area contributed by atoms with Crippen LogP contribution in [0, 0.1) is 5.92 Å². The minimum Gasteiger partial charge on any atom is -0.370 e. The van der Waals surface area contributed by atoms with E-state index in [1.165, 1.54) is 4.90 Å². The molecule has 23 heavy (non-hydrogen) atoms. The average Bonchev–Trinajstić information content (AvgIpc) is 3.14. The number of nitrogens with one attached hydrogen (secondary N) is 1. The van der Waals surface area contributed by atoms with Crippen LogP contribution in [0.4, 0.5) is 5.69 Å². The van der Waals surface area contributed by atoms with Crippen molar-refractivity contribution in [3.05, 3.63) is 30.3 Å². The summed E-state index contributed by atoms with van der Waals surface area (Å²) in [6.45, 7) is 5.22. The van der Waals surface area contributed by atoms with Crippen molar-refractivity contribution in [2.75, 3.05) is 31.3 Å². The highest BCUT2D eigenvalue weighted by Gasteiger charge is 2.62. The van der Waals surface area contributed by atoms with Gasteiger partial charge >= 0.3 is 0 Å². The molecule has 1 N–H and O–H groups in total. The summed E-state index contributed by atoms with van der Waals surface area (Å²) in [7, 11) is 0. The number of benzene rings is 1. The summed E-state index contributed by atoms with van der Waals surface area (Å²) in [6, 6.07) is 10.3. The molecule has 122 valence electrons. The second kappa shape index (κ2) is 5.73. The second-order valence-electron chi connectivity index (χ2n) is 6.77. The maximum Gasteiger partial charge on any atom is 0.201 e. The van der Waals surface area contributed by atoms with Gasteiger partial charge in [-0.1, -0.05) is 18.2 Å². The van der Waals surface area contributed by atoms with Gasteiger partial charge in [-0.05, 0) is 25.0 Å². The molecule has 5 nitrogen and oxygen atoms in total. The Kier molecular flexibility index (Phi) is 3.70. The van der Waals surface area contributed by atoms with E-state index in [1.54, 1.807) is 6.92 Å². The third-order valence-electron chi connectivity index (χ3n) is 5.61. The molecule has 0 amide bonds. The molecule has 2 heterocycles. The maximum atomic E-state index is 12.2. The fourth-order valence-corrected chi connectivity index (χ4v) is 4.67. The first kappa shape index (κ1) is 14.8. The number of hydrazone groups is 1. The number of Topliss-reactive ketones (excluding diaryl/α,β-unsaturated/α-hetero) is 1. The smallest absolute Gasteiger partial charge is 0.201 e. The van der Waals surface area contributed by atoms with Crippen molar-refractivity contribution in [3.63, 3.8) is 0 Å². The van der Waals surface area contributed by atoms with Gasteiger partial charge in [0.05, 0.1) is 24.8 Å². The number of hydrogen-bond donors (Lipinski definition) is 1. The Balaban J connectivity index is 1.81. The van der Waals surface area contributed by atoms with E-state index in [4.69, 9.17) is 9.84 Å². The van der Waals surface area contributed by atoms with Gasteiger partial charge in [-0.2, -0.15) is 5.10 Å². The number of fused-ring (bicyclic) bond motifs is 1. The van der Waals surface area contributed by atoms with E-state index in [1.807, 2.05) is 18.2 Å². The van der Waals surface area contributed by atoms with Crippen LogP contribution in [0.1, 0.15) is 26.2 Å². The average molecular weight is 314 g/mol. The SMILES string of the molecule is CC(=O)C1=NN(c2ccccc2)[C@@]2([NH+]3CCOCC3)CCC[C@@H]12. The van der Waals surface area contributed by atoms with Gasteiger partial charge in [-0.15, -0.1) is 0 Å². The summed E-state index contributed by atoms with van der Waals surface area (Å²) in [6.07, 6.45) is 3.30. The normalized spacial score (nSPS) is 31.1. The molecule has 1 aromatic carbocycles. The van der Waals surface area contributed by atoms with Gasteiger partial charge in [0, 0.05) is 13.3 Å². The molecule has 4 rings (SSSR count). The molecular formula is C18H24N3O2+. The van der Waals surface area contributed by atoms with Gasteiger partial charge in [0.2, 0.25) is 5.66 Å². The number of para-hydroxylation sites is 1. The van der Waals surface area contributed by atoms with Crippen molar-refractivity contribution in [2.45, 2.75) is 31.8 Å².